The van der Waals surface area contributed by atoms with Gasteiger partial charge in [-0.1, -0.05) is 29.8 Å². The van der Waals surface area contributed by atoms with Crippen LogP contribution in [0.2, 0.25) is 0 Å². The van der Waals surface area contributed by atoms with Gasteiger partial charge in [-0.3, -0.25) is 4.79 Å². The SMILES string of the molecule is Cc1ccc(CC(=O)NCC2CCC(N)C2)cc1. The molecule has 1 aromatic rings. The lowest BCUT2D eigenvalue weighted by Crippen LogP contribution is -2.30. The van der Waals surface area contributed by atoms with E-state index >= 15 is 0 Å². The molecule has 0 saturated heterocycles. The normalized spacial score (nSPS) is 23.0. The van der Waals surface area contributed by atoms with Crippen LogP contribution in [0, 0.1) is 12.8 Å². The van der Waals surface area contributed by atoms with Crippen molar-refractivity contribution in [2.75, 3.05) is 6.54 Å². The van der Waals surface area contributed by atoms with Gasteiger partial charge >= 0.3 is 0 Å². The average molecular weight is 246 g/mol. The van der Waals surface area contributed by atoms with Gasteiger partial charge in [0, 0.05) is 12.6 Å². The molecule has 1 saturated carbocycles. The van der Waals surface area contributed by atoms with Gasteiger partial charge in [-0.2, -0.15) is 0 Å². The average Bonchev–Trinajstić information content (AvgIpc) is 2.76. The Bertz CT molecular complexity index is 399. The summed E-state index contributed by atoms with van der Waals surface area (Å²) in [6.45, 7) is 2.82. The molecule has 0 bridgehead atoms. The summed E-state index contributed by atoms with van der Waals surface area (Å²) in [7, 11) is 0. The van der Waals surface area contributed by atoms with E-state index in [4.69, 9.17) is 5.73 Å². The number of carbonyl (C=O) groups excluding carboxylic acids is 1. The summed E-state index contributed by atoms with van der Waals surface area (Å²) in [6.07, 6.45) is 3.76. The quantitative estimate of drug-likeness (QED) is 0.851. The predicted octanol–water partition coefficient (Wildman–Crippen LogP) is 1.78. The standard InChI is InChI=1S/C15H22N2O/c1-11-2-4-12(5-3-11)9-15(18)17-10-13-6-7-14(16)8-13/h2-5,13-14H,6-10,16H2,1H3,(H,17,18). The molecular formula is C15H22N2O. The summed E-state index contributed by atoms with van der Waals surface area (Å²) in [4.78, 5) is 11.8. The largest absolute Gasteiger partial charge is 0.356 e. The van der Waals surface area contributed by atoms with Crippen LogP contribution in [0.1, 0.15) is 30.4 Å². The zero-order valence-corrected chi connectivity index (χ0v) is 11.0. The second-order valence-corrected chi connectivity index (χ2v) is 5.41. The highest BCUT2D eigenvalue weighted by Crippen LogP contribution is 2.23. The van der Waals surface area contributed by atoms with Gasteiger partial charge in [0.05, 0.1) is 6.42 Å². The third kappa shape index (κ3) is 3.84. The number of hydrogen-bond donors (Lipinski definition) is 2. The molecule has 1 amide bonds. The van der Waals surface area contributed by atoms with Crippen LogP contribution >= 0.6 is 0 Å². The van der Waals surface area contributed by atoms with E-state index < -0.39 is 0 Å². The minimum absolute atomic E-state index is 0.110. The summed E-state index contributed by atoms with van der Waals surface area (Å²) in [6, 6.07) is 8.45. The number of benzene rings is 1. The van der Waals surface area contributed by atoms with Crippen molar-refractivity contribution in [2.45, 2.75) is 38.6 Å². The summed E-state index contributed by atoms with van der Waals surface area (Å²) in [5, 5.41) is 3.01. The van der Waals surface area contributed by atoms with Gasteiger partial charge in [0.15, 0.2) is 0 Å². The molecule has 1 aliphatic carbocycles. The van der Waals surface area contributed by atoms with Crippen LogP contribution in [0.5, 0.6) is 0 Å². The first-order valence-corrected chi connectivity index (χ1v) is 6.71. The Kier molecular flexibility index (Phi) is 4.37. The number of aryl methyl sites for hydroxylation is 1. The molecule has 0 heterocycles. The van der Waals surface area contributed by atoms with Crippen molar-refractivity contribution in [3.05, 3.63) is 35.4 Å². The summed E-state index contributed by atoms with van der Waals surface area (Å²) in [5.41, 5.74) is 8.15. The molecule has 1 fully saturated rings. The Morgan fingerprint density at radius 2 is 2.06 bits per heavy atom. The van der Waals surface area contributed by atoms with Crippen molar-refractivity contribution >= 4 is 5.91 Å². The molecule has 1 aromatic carbocycles. The first-order chi connectivity index (χ1) is 8.63. The minimum atomic E-state index is 0.110. The molecule has 3 N–H and O–H groups in total. The molecule has 3 heteroatoms. The number of nitrogens with one attached hydrogen (secondary N) is 1. The van der Waals surface area contributed by atoms with Crippen molar-refractivity contribution in [1.29, 1.82) is 0 Å². The maximum Gasteiger partial charge on any atom is 0.224 e. The van der Waals surface area contributed by atoms with Gasteiger partial charge in [0.2, 0.25) is 5.91 Å². The predicted molar refractivity (Wildman–Crippen MR) is 73.2 cm³/mol. The first kappa shape index (κ1) is 13.1. The number of hydrogen-bond acceptors (Lipinski definition) is 2. The van der Waals surface area contributed by atoms with E-state index in [1.54, 1.807) is 0 Å². The molecule has 0 aliphatic heterocycles. The van der Waals surface area contributed by atoms with Gasteiger partial charge in [-0.15, -0.1) is 0 Å². The fraction of sp³-hybridized carbons (Fsp3) is 0.533. The maximum atomic E-state index is 11.8. The first-order valence-electron chi connectivity index (χ1n) is 6.71. The lowest BCUT2D eigenvalue weighted by molar-refractivity contribution is -0.120. The Balaban J connectivity index is 1.73. The lowest BCUT2D eigenvalue weighted by Gasteiger charge is -2.11. The van der Waals surface area contributed by atoms with Crippen molar-refractivity contribution in [3.8, 4) is 0 Å². The van der Waals surface area contributed by atoms with Gasteiger partial charge in [0.25, 0.3) is 0 Å². The van der Waals surface area contributed by atoms with Crippen molar-refractivity contribution < 1.29 is 4.79 Å². The maximum absolute atomic E-state index is 11.8. The van der Waals surface area contributed by atoms with Crippen LogP contribution in [-0.4, -0.2) is 18.5 Å². The molecule has 0 spiro atoms. The van der Waals surface area contributed by atoms with Crippen LogP contribution < -0.4 is 11.1 Å². The van der Waals surface area contributed by atoms with Crippen molar-refractivity contribution in [2.24, 2.45) is 11.7 Å². The number of nitrogens with two attached hydrogens (primary N) is 1. The summed E-state index contributed by atoms with van der Waals surface area (Å²) >= 11 is 0. The van der Waals surface area contributed by atoms with E-state index in [1.165, 1.54) is 5.56 Å². The minimum Gasteiger partial charge on any atom is -0.356 e. The monoisotopic (exact) mass is 246 g/mol. The number of amides is 1. The third-order valence-electron chi connectivity index (χ3n) is 3.65. The Labute approximate surface area is 109 Å². The highest BCUT2D eigenvalue weighted by molar-refractivity contribution is 5.78. The topological polar surface area (TPSA) is 55.1 Å². The van der Waals surface area contributed by atoms with Crippen LogP contribution in [0.15, 0.2) is 24.3 Å². The van der Waals surface area contributed by atoms with Gasteiger partial charge in [-0.25, -0.2) is 0 Å². The van der Waals surface area contributed by atoms with Crippen LogP contribution in [0.4, 0.5) is 0 Å². The van der Waals surface area contributed by atoms with Crippen LogP contribution in [-0.2, 0) is 11.2 Å². The van der Waals surface area contributed by atoms with Crippen molar-refractivity contribution in [3.63, 3.8) is 0 Å². The van der Waals surface area contributed by atoms with E-state index in [0.717, 1.165) is 31.4 Å². The fourth-order valence-corrected chi connectivity index (χ4v) is 2.51. The number of carbonyl (C=O) groups is 1. The second kappa shape index (κ2) is 6.01. The lowest BCUT2D eigenvalue weighted by atomic mass is 10.1. The van der Waals surface area contributed by atoms with E-state index in [2.05, 4.69) is 5.32 Å². The third-order valence-corrected chi connectivity index (χ3v) is 3.65. The van der Waals surface area contributed by atoms with Gasteiger partial charge in [-0.05, 0) is 37.7 Å². The zero-order chi connectivity index (χ0) is 13.0. The molecule has 18 heavy (non-hydrogen) atoms. The van der Waals surface area contributed by atoms with E-state index in [1.807, 2.05) is 31.2 Å². The molecule has 0 radical (unpaired) electrons. The Hall–Kier alpha value is -1.35. The van der Waals surface area contributed by atoms with Crippen LogP contribution in [0.25, 0.3) is 0 Å². The Morgan fingerprint density at radius 3 is 2.67 bits per heavy atom. The zero-order valence-electron chi connectivity index (χ0n) is 11.0. The van der Waals surface area contributed by atoms with Crippen molar-refractivity contribution in [1.82, 2.24) is 5.32 Å². The molecule has 1 aliphatic rings. The summed E-state index contributed by atoms with van der Waals surface area (Å²) < 4.78 is 0. The summed E-state index contributed by atoms with van der Waals surface area (Å²) in [5.74, 6) is 0.682. The molecule has 2 rings (SSSR count). The molecular weight excluding hydrogens is 224 g/mol. The number of rotatable bonds is 4. The van der Waals surface area contributed by atoms with Gasteiger partial charge in [0.1, 0.15) is 0 Å². The second-order valence-electron chi connectivity index (χ2n) is 5.41. The molecule has 3 nitrogen and oxygen atoms in total. The smallest absolute Gasteiger partial charge is 0.224 e. The van der Waals surface area contributed by atoms with Crippen LogP contribution in [0.3, 0.4) is 0 Å². The van der Waals surface area contributed by atoms with E-state index in [0.29, 0.717) is 18.4 Å². The van der Waals surface area contributed by atoms with E-state index in [-0.39, 0.29) is 5.91 Å². The highest BCUT2D eigenvalue weighted by atomic mass is 16.1. The highest BCUT2D eigenvalue weighted by Gasteiger charge is 2.21. The molecule has 0 aromatic heterocycles. The fourth-order valence-electron chi connectivity index (χ4n) is 2.51. The molecule has 98 valence electrons. The Morgan fingerprint density at radius 1 is 1.33 bits per heavy atom. The van der Waals surface area contributed by atoms with Gasteiger partial charge < -0.3 is 11.1 Å². The molecule has 2 unspecified atom stereocenters. The van der Waals surface area contributed by atoms with E-state index in [9.17, 15) is 4.79 Å². The molecule has 2 atom stereocenters.